The largest absolute Gasteiger partial charge is 0.454 e. The summed E-state index contributed by atoms with van der Waals surface area (Å²) in [6.45, 7) is 7.12. The molecule has 0 saturated carbocycles. The minimum Gasteiger partial charge on any atom is -0.454 e. The summed E-state index contributed by atoms with van der Waals surface area (Å²) in [6, 6.07) is 6.81. The Hall–Kier alpha value is -1.42. The number of rotatable bonds is 2. The normalized spacial score (nSPS) is 24.6. The molecule has 0 aromatic heterocycles. The van der Waals surface area contributed by atoms with Gasteiger partial charge in [-0.25, -0.2) is 0 Å². The van der Waals surface area contributed by atoms with E-state index < -0.39 is 0 Å². The first kappa shape index (κ1) is 12.6. The van der Waals surface area contributed by atoms with E-state index in [0.717, 1.165) is 31.0 Å². The minimum absolute atomic E-state index is 0.267. The van der Waals surface area contributed by atoms with Gasteiger partial charge < -0.3 is 19.7 Å². The van der Waals surface area contributed by atoms with Gasteiger partial charge in [0, 0.05) is 30.9 Å². The van der Waals surface area contributed by atoms with Gasteiger partial charge in [-0.05, 0) is 31.0 Å². The second-order valence-electron chi connectivity index (χ2n) is 6.08. The van der Waals surface area contributed by atoms with Gasteiger partial charge in [-0.2, -0.15) is 0 Å². The monoisotopic (exact) mass is 262 g/mol. The third-order valence-corrected chi connectivity index (χ3v) is 4.30. The van der Waals surface area contributed by atoms with Crippen molar-refractivity contribution in [3.8, 4) is 11.5 Å². The number of ether oxygens (including phenoxy) is 2. The van der Waals surface area contributed by atoms with E-state index in [1.807, 2.05) is 6.07 Å². The zero-order valence-electron chi connectivity index (χ0n) is 11.9. The van der Waals surface area contributed by atoms with Crippen LogP contribution in [0.15, 0.2) is 18.2 Å². The van der Waals surface area contributed by atoms with E-state index in [1.54, 1.807) is 0 Å². The quantitative estimate of drug-likeness (QED) is 0.886. The minimum atomic E-state index is 0.267. The molecule has 1 unspecified atom stereocenters. The summed E-state index contributed by atoms with van der Waals surface area (Å²) in [5.74, 6) is 1.72. The second-order valence-corrected chi connectivity index (χ2v) is 6.08. The van der Waals surface area contributed by atoms with Crippen molar-refractivity contribution < 1.29 is 9.47 Å². The lowest BCUT2D eigenvalue weighted by atomic mass is 9.79. The number of hydrogen-bond donors (Lipinski definition) is 1. The lowest BCUT2D eigenvalue weighted by molar-refractivity contribution is 0.174. The summed E-state index contributed by atoms with van der Waals surface area (Å²) in [5.41, 5.74) is 1.50. The number of nitrogens with zero attached hydrogens (tertiary/aromatic N) is 1. The summed E-state index contributed by atoms with van der Waals surface area (Å²) in [5, 5.41) is 3.44. The van der Waals surface area contributed by atoms with E-state index in [-0.39, 0.29) is 5.41 Å². The Kier molecular flexibility index (Phi) is 3.05. The Labute approximate surface area is 114 Å². The molecule has 3 rings (SSSR count). The molecule has 104 valence electrons. The molecule has 0 amide bonds. The highest BCUT2D eigenvalue weighted by Gasteiger charge is 2.35. The fourth-order valence-electron chi connectivity index (χ4n) is 3.19. The molecule has 1 aromatic rings. The molecule has 0 radical (unpaired) electrons. The first-order valence-corrected chi connectivity index (χ1v) is 6.92. The molecule has 19 heavy (non-hydrogen) atoms. The molecule has 1 saturated heterocycles. The van der Waals surface area contributed by atoms with Crippen molar-refractivity contribution in [2.24, 2.45) is 5.41 Å². The van der Waals surface area contributed by atoms with Crippen LogP contribution in [-0.4, -0.2) is 33.0 Å². The van der Waals surface area contributed by atoms with Crippen molar-refractivity contribution in [3.05, 3.63) is 18.2 Å². The van der Waals surface area contributed by atoms with E-state index >= 15 is 0 Å². The van der Waals surface area contributed by atoms with Crippen LogP contribution in [0.2, 0.25) is 0 Å². The molecule has 1 aromatic carbocycles. The number of piperidine rings is 1. The van der Waals surface area contributed by atoms with Crippen LogP contribution < -0.4 is 19.7 Å². The van der Waals surface area contributed by atoms with E-state index in [2.05, 4.69) is 43.2 Å². The third-order valence-electron chi connectivity index (χ3n) is 4.30. The van der Waals surface area contributed by atoms with Crippen LogP contribution in [0.4, 0.5) is 5.69 Å². The summed E-state index contributed by atoms with van der Waals surface area (Å²) in [6.07, 6.45) is 1.16. The zero-order valence-corrected chi connectivity index (χ0v) is 11.9. The Morgan fingerprint density at radius 2 is 2.05 bits per heavy atom. The average molecular weight is 262 g/mol. The maximum atomic E-state index is 5.46. The van der Waals surface area contributed by atoms with Crippen molar-refractivity contribution in [3.63, 3.8) is 0 Å². The van der Waals surface area contributed by atoms with Crippen molar-refractivity contribution in [2.45, 2.75) is 26.3 Å². The topological polar surface area (TPSA) is 33.7 Å². The predicted molar refractivity (Wildman–Crippen MR) is 76.0 cm³/mol. The molecule has 4 nitrogen and oxygen atoms in total. The maximum absolute atomic E-state index is 5.46. The lowest BCUT2D eigenvalue weighted by Gasteiger charge is -2.45. The highest BCUT2D eigenvalue weighted by Crippen LogP contribution is 2.38. The van der Waals surface area contributed by atoms with Gasteiger partial charge >= 0.3 is 0 Å². The first-order chi connectivity index (χ1) is 9.10. The standard InChI is InChI=1S/C15H22N2O2/c1-15(2)9-17(7-6-14(15)16-3)11-4-5-12-13(8-11)19-10-18-12/h4-5,8,14,16H,6-7,9-10H2,1-3H3. The zero-order chi connectivity index (χ0) is 13.5. The highest BCUT2D eigenvalue weighted by molar-refractivity contribution is 5.57. The Balaban J connectivity index is 1.80. The van der Waals surface area contributed by atoms with Crippen LogP contribution in [-0.2, 0) is 0 Å². The number of hydrogen-bond acceptors (Lipinski definition) is 4. The smallest absolute Gasteiger partial charge is 0.231 e. The van der Waals surface area contributed by atoms with Gasteiger partial charge in [0.15, 0.2) is 11.5 Å². The molecule has 2 aliphatic rings. The summed E-state index contributed by atoms with van der Waals surface area (Å²) in [7, 11) is 2.06. The van der Waals surface area contributed by atoms with E-state index in [1.165, 1.54) is 5.69 Å². The van der Waals surface area contributed by atoms with Crippen molar-refractivity contribution in [1.82, 2.24) is 5.32 Å². The average Bonchev–Trinajstić information content (AvgIpc) is 2.84. The SMILES string of the molecule is CNC1CCN(c2ccc3c(c2)OCO3)CC1(C)C. The van der Waals surface area contributed by atoms with Gasteiger partial charge in [0.2, 0.25) is 6.79 Å². The molecule has 1 fully saturated rings. The maximum Gasteiger partial charge on any atom is 0.231 e. The number of fused-ring (bicyclic) bond motifs is 1. The van der Waals surface area contributed by atoms with E-state index in [9.17, 15) is 0 Å². The summed E-state index contributed by atoms with van der Waals surface area (Å²) in [4.78, 5) is 2.44. The van der Waals surface area contributed by atoms with Crippen molar-refractivity contribution >= 4 is 5.69 Å². The Morgan fingerprint density at radius 1 is 1.26 bits per heavy atom. The summed E-state index contributed by atoms with van der Waals surface area (Å²) < 4.78 is 10.8. The van der Waals surface area contributed by atoms with E-state index in [0.29, 0.717) is 12.8 Å². The molecule has 2 heterocycles. The van der Waals surface area contributed by atoms with Gasteiger partial charge in [0.05, 0.1) is 0 Å². The molecule has 1 N–H and O–H groups in total. The van der Waals surface area contributed by atoms with Crippen LogP contribution in [0.3, 0.4) is 0 Å². The molecule has 0 bridgehead atoms. The van der Waals surface area contributed by atoms with Gasteiger partial charge in [-0.3, -0.25) is 0 Å². The molecular formula is C15H22N2O2. The van der Waals surface area contributed by atoms with Crippen molar-refractivity contribution in [1.29, 1.82) is 0 Å². The number of anilines is 1. The Bertz CT molecular complexity index is 473. The molecule has 4 heteroatoms. The molecule has 0 spiro atoms. The van der Waals surface area contributed by atoms with Crippen LogP contribution >= 0.6 is 0 Å². The fourth-order valence-corrected chi connectivity index (χ4v) is 3.19. The first-order valence-electron chi connectivity index (χ1n) is 6.92. The Morgan fingerprint density at radius 3 is 2.79 bits per heavy atom. The van der Waals surface area contributed by atoms with Crippen LogP contribution in [0.1, 0.15) is 20.3 Å². The van der Waals surface area contributed by atoms with E-state index in [4.69, 9.17) is 9.47 Å². The predicted octanol–water partition coefficient (Wildman–Crippen LogP) is 2.24. The lowest BCUT2D eigenvalue weighted by Crippen LogP contribution is -2.53. The third kappa shape index (κ3) is 2.25. The van der Waals surface area contributed by atoms with Gasteiger partial charge in [0.1, 0.15) is 0 Å². The highest BCUT2D eigenvalue weighted by atomic mass is 16.7. The summed E-state index contributed by atoms with van der Waals surface area (Å²) >= 11 is 0. The second kappa shape index (κ2) is 4.60. The van der Waals surface area contributed by atoms with Crippen molar-refractivity contribution in [2.75, 3.05) is 31.8 Å². The van der Waals surface area contributed by atoms with Gasteiger partial charge in [-0.15, -0.1) is 0 Å². The van der Waals surface area contributed by atoms with Gasteiger partial charge in [0.25, 0.3) is 0 Å². The van der Waals surface area contributed by atoms with Gasteiger partial charge in [-0.1, -0.05) is 13.8 Å². The number of nitrogens with one attached hydrogen (secondary N) is 1. The fraction of sp³-hybridized carbons (Fsp3) is 0.600. The van der Waals surface area contributed by atoms with Crippen LogP contribution in [0.5, 0.6) is 11.5 Å². The van der Waals surface area contributed by atoms with Crippen LogP contribution in [0.25, 0.3) is 0 Å². The number of benzene rings is 1. The molecule has 2 aliphatic heterocycles. The molecular weight excluding hydrogens is 240 g/mol. The molecule has 0 aliphatic carbocycles. The van der Waals surface area contributed by atoms with Crippen LogP contribution in [0, 0.1) is 5.41 Å². The molecule has 1 atom stereocenters.